The third kappa shape index (κ3) is 1.32. The fraction of sp³-hybridized carbons (Fsp3) is 0.222. The second-order valence-corrected chi connectivity index (χ2v) is 2.68. The molecule has 0 atom stereocenters. The number of fused-ring (bicyclic) bond motifs is 1. The Morgan fingerprint density at radius 1 is 1.50 bits per heavy atom. The largest absolute Gasteiger partial charge is 0.462 e. The maximum atomic E-state index is 11.4. The number of hydrogen-bond acceptors (Lipinski definition) is 4. The van der Waals surface area contributed by atoms with Gasteiger partial charge in [0.2, 0.25) is 0 Å². The minimum Gasteiger partial charge on any atom is -0.462 e. The minimum absolute atomic E-state index is 0.353. The third-order valence-corrected chi connectivity index (χ3v) is 1.80. The van der Waals surface area contributed by atoms with Crippen molar-refractivity contribution in [1.29, 1.82) is 0 Å². The second kappa shape index (κ2) is 3.45. The van der Waals surface area contributed by atoms with Crippen LogP contribution in [0.4, 0.5) is 0 Å². The highest BCUT2D eigenvalue weighted by Gasteiger charge is 2.13. The van der Waals surface area contributed by atoms with E-state index in [4.69, 9.17) is 4.74 Å². The van der Waals surface area contributed by atoms with Crippen LogP contribution in [0.1, 0.15) is 17.3 Å². The quantitative estimate of drug-likeness (QED) is 0.722. The molecule has 0 saturated heterocycles. The van der Waals surface area contributed by atoms with E-state index in [1.165, 1.54) is 0 Å². The highest BCUT2D eigenvalue weighted by molar-refractivity contribution is 6.01. The number of hydrogen-bond donors (Lipinski definition) is 1. The summed E-state index contributed by atoms with van der Waals surface area (Å²) in [6.07, 6.45) is 4.66. The van der Waals surface area contributed by atoms with Crippen LogP contribution in [-0.2, 0) is 4.74 Å². The molecular weight excluding hydrogens is 182 g/mol. The first-order valence-electron chi connectivity index (χ1n) is 4.28. The van der Waals surface area contributed by atoms with Crippen LogP contribution in [0.25, 0.3) is 11.2 Å². The van der Waals surface area contributed by atoms with Crippen LogP contribution in [0, 0.1) is 0 Å². The summed E-state index contributed by atoms with van der Waals surface area (Å²) in [5.74, 6) is -0.376. The Labute approximate surface area is 80.1 Å². The molecule has 5 heteroatoms. The van der Waals surface area contributed by atoms with E-state index < -0.39 is 0 Å². The smallest absolute Gasteiger partial charge is 0.341 e. The van der Waals surface area contributed by atoms with Gasteiger partial charge in [0, 0.05) is 18.6 Å². The van der Waals surface area contributed by atoms with Crippen LogP contribution >= 0.6 is 0 Å². The number of H-pyrrole nitrogens is 1. The number of carbonyl (C=O) groups excluding carboxylic acids is 1. The number of ether oxygens (including phenoxy) is 1. The van der Waals surface area contributed by atoms with Gasteiger partial charge in [0.25, 0.3) is 0 Å². The molecule has 2 rings (SSSR count). The molecule has 2 aromatic rings. The molecule has 14 heavy (non-hydrogen) atoms. The highest BCUT2D eigenvalue weighted by atomic mass is 16.5. The maximum absolute atomic E-state index is 11.4. The standard InChI is InChI=1S/C9H9N3O2/c1-2-14-9(13)6-5-12-8-7(6)10-3-4-11-8/h3-5H,2H2,1H3,(H,11,12). The average molecular weight is 191 g/mol. The van der Waals surface area contributed by atoms with Crippen molar-refractivity contribution in [2.75, 3.05) is 6.61 Å². The van der Waals surface area contributed by atoms with Crippen LogP contribution in [-0.4, -0.2) is 27.5 Å². The van der Waals surface area contributed by atoms with Gasteiger partial charge in [0.1, 0.15) is 11.1 Å². The third-order valence-electron chi connectivity index (χ3n) is 1.80. The molecule has 0 saturated carbocycles. The van der Waals surface area contributed by atoms with Crippen molar-refractivity contribution >= 4 is 17.1 Å². The zero-order valence-electron chi connectivity index (χ0n) is 7.65. The van der Waals surface area contributed by atoms with Gasteiger partial charge >= 0.3 is 5.97 Å². The molecule has 2 aromatic heterocycles. The van der Waals surface area contributed by atoms with Gasteiger partial charge in [-0.25, -0.2) is 9.78 Å². The predicted molar refractivity (Wildman–Crippen MR) is 49.8 cm³/mol. The minimum atomic E-state index is -0.376. The Bertz CT molecular complexity index is 464. The first-order chi connectivity index (χ1) is 6.83. The number of rotatable bonds is 2. The zero-order chi connectivity index (χ0) is 9.97. The predicted octanol–water partition coefficient (Wildman–Crippen LogP) is 1.13. The SMILES string of the molecule is CCOC(=O)c1c[nH]c2nccnc12. The molecule has 0 aliphatic rings. The Balaban J connectivity index is 2.47. The van der Waals surface area contributed by atoms with Gasteiger partial charge in [0.05, 0.1) is 6.61 Å². The van der Waals surface area contributed by atoms with E-state index in [-0.39, 0.29) is 5.97 Å². The van der Waals surface area contributed by atoms with E-state index in [0.29, 0.717) is 23.3 Å². The Morgan fingerprint density at radius 2 is 2.29 bits per heavy atom. The molecule has 0 fully saturated rings. The molecule has 0 aliphatic heterocycles. The van der Waals surface area contributed by atoms with E-state index in [1.807, 2.05) is 0 Å². The lowest BCUT2D eigenvalue weighted by Gasteiger charge is -1.97. The van der Waals surface area contributed by atoms with Crippen molar-refractivity contribution < 1.29 is 9.53 Å². The molecule has 2 heterocycles. The van der Waals surface area contributed by atoms with Gasteiger partial charge in [0.15, 0.2) is 5.65 Å². The van der Waals surface area contributed by atoms with Gasteiger partial charge in [-0.3, -0.25) is 4.98 Å². The van der Waals surface area contributed by atoms with Crippen LogP contribution in [0.2, 0.25) is 0 Å². The van der Waals surface area contributed by atoms with Crippen LogP contribution in [0.15, 0.2) is 18.6 Å². The van der Waals surface area contributed by atoms with Crippen molar-refractivity contribution in [3.8, 4) is 0 Å². The van der Waals surface area contributed by atoms with Crippen molar-refractivity contribution in [2.24, 2.45) is 0 Å². The van der Waals surface area contributed by atoms with Crippen molar-refractivity contribution in [3.63, 3.8) is 0 Å². The number of aromatic nitrogens is 3. The lowest BCUT2D eigenvalue weighted by Crippen LogP contribution is -2.03. The Morgan fingerprint density at radius 3 is 3.07 bits per heavy atom. The van der Waals surface area contributed by atoms with Crippen LogP contribution in [0.5, 0.6) is 0 Å². The molecule has 0 bridgehead atoms. The van der Waals surface area contributed by atoms with Crippen molar-refractivity contribution in [1.82, 2.24) is 15.0 Å². The van der Waals surface area contributed by atoms with Gasteiger partial charge in [-0.05, 0) is 6.92 Å². The number of nitrogens with zero attached hydrogens (tertiary/aromatic N) is 2. The zero-order valence-corrected chi connectivity index (χ0v) is 7.65. The Hall–Kier alpha value is -1.91. The maximum Gasteiger partial charge on any atom is 0.341 e. The Kier molecular flexibility index (Phi) is 2.14. The average Bonchev–Trinajstić information content (AvgIpc) is 2.61. The number of aromatic amines is 1. The molecular formula is C9H9N3O2. The number of carbonyl (C=O) groups is 1. The summed E-state index contributed by atoms with van der Waals surface area (Å²) >= 11 is 0. The summed E-state index contributed by atoms with van der Waals surface area (Å²) in [4.78, 5) is 22.3. The topological polar surface area (TPSA) is 67.9 Å². The summed E-state index contributed by atoms with van der Waals surface area (Å²) in [5, 5.41) is 0. The summed E-state index contributed by atoms with van der Waals surface area (Å²) < 4.78 is 4.87. The van der Waals surface area contributed by atoms with Crippen molar-refractivity contribution in [3.05, 3.63) is 24.2 Å². The fourth-order valence-corrected chi connectivity index (χ4v) is 1.21. The lowest BCUT2D eigenvalue weighted by molar-refractivity contribution is 0.0528. The summed E-state index contributed by atoms with van der Waals surface area (Å²) in [7, 11) is 0. The molecule has 72 valence electrons. The summed E-state index contributed by atoms with van der Waals surface area (Å²) in [6.45, 7) is 2.12. The summed E-state index contributed by atoms with van der Waals surface area (Å²) in [6, 6.07) is 0. The van der Waals surface area contributed by atoms with Gasteiger partial charge in [-0.15, -0.1) is 0 Å². The van der Waals surface area contributed by atoms with E-state index >= 15 is 0 Å². The van der Waals surface area contributed by atoms with E-state index in [0.717, 1.165) is 0 Å². The van der Waals surface area contributed by atoms with Gasteiger partial charge in [-0.1, -0.05) is 0 Å². The lowest BCUT2D eigenvalue weighted by atomic mass is 10.3. The van der Waals surface area contributed by atoms with E-state index in [9.17, 15) is 4.79 Å². The molecule has 0 amide bonds. The van der Waals surface area contributed by atoms with Crippen LogP contribution in [0.3, 0.4) is 0 Å². The molecule has 0 unspecified atom stereocenters. The highest BCUT2D eigenvalue weighted by Crippen LogP contribution is 2.13. The fourth-order valence-electron chi connectivity index (χ4n) is 1.21. The van der Waals surface area contributed by atoms with Crippen molar-refractivity contribution in [2.45, 2.75) is 6.92 Å². The number of esters is 1. The summed E-state index contributed by atoms with van der Waals surface area (Å²) in [5.41, 5.74) is 1.57. The molecule has 0 aliphatic carbocycles. The molecule has 5 nitrogen and oxygen atoms in total. The molecule has 0 radical (unpaired) electrons. The normalized spacial score (nSPS) is 10.4. The van der Waals surface area contributed by atoms with Crippen LogP contribution < -0.4 is 0 Å². The monoisotopic (exact) mass is 191 g/mol. The van der Waals surface area contributed by atoms with Gasteiger partial charge < -0.3 is 9.72 Å². The van der Waals surface area contributed by atoms with E-state index in [1.54, 1.807) is 25.5 Å². The first kappa shape index (κ1) is 8.68. The van der Waals surface area contributed by atoms with E-state index in [2.05, 4.69) is 15.0 Å². The van der Waals surface area contributed by atoms with Gasteiger partial charge in [-0.2, -0.15) is 0 Å². The molecule has 0 aromatic carbocycles. The number of nitrogens with one attached hydrogen (secondary N) is 1. The molecule has 1 N–H and O–H groups in total. The first-order valence-corrected chi connectivity index (χ1v) is 4.28. The molecule has 0 spiro atoms. The second-order valence-electron chi connectivity index (χ2n) is 2.68.